The molecule has 2 rings (SSSR count). The average molecular weight is 339 g/mol. The van der Waals surface area contributed by atoms with Crippen LogP contribution in [0.4, 0.5) is 0 Å². The molecule has 0 spiro atoms. The number of benzene rings is 1. The van der Waals surface area contributed by atoms with Crippen molar-refractivity contribution in [1.29, 1.82) is 0 Å². The van der Waals surface area contributed by atoms with Crippen LogP contribution in [-0.2, 0) is 24.3 Å². The van der Waals surface area contributed by atoms with Gasteiger partial charge in [0, 0.05) is 12.0 Å². The maximum absolute atomic E-state index is 11.8. The molecule has 7 heteroatoms. The molecular weight excluding hydrogens is 318 g/mol. The highest BCUT2D eigenvalue weighted by atomic mass is 32.2. The van der Waals surface area contributed by atoms with Crippen molar-refractivity contribution in [2.24, 2.45) is 0 Å². The highest BCUT2D eigenvalue weighted by molar-refractivity contribution is 7.92. The summed E-state index contributed by atoms with van der Waals surface area (Å²) in [5.74, 6) is -0.618. The van der Waals surface area contributed by atoms with Gasteiger partial charge in [0.2, 0.25) is 10.0 Å². The number of rotatable bonds is 7. The normalized spacial score (nSPS) is 18.4. The third kappa shape index (κ3) is 6.52. The molecule has 0 amide bonds. The summed E-state index contributed by atoms with van der Waals surface area (Å²) in [7, 11) is -3.68. The van der Waals surface area contributed by atoms with Crippen LogP contribution in [0.15, 0.2) is 29.7 Å². The first-order valence-electron chi connectivity index (χ1n) is 7.46. The van der Waals surface area contributed by atoms with Gasteiger partial charge in [0.25, 0.3) is 0 Å². The highest BCUT2D eigenvalue weighted by Gasteiger charge is 2.18. The smallest absolute Gasteiger partial charge is 0.321 e. The van der Waals surface area contributed by atoms with Gasteiger partial charge < -0.3 is 9.47 Å². The Morgan fingerprint density at radius 3 is 2.78 bits per heavy atom. The van der Waals surface area contributed by atoms with Gasteiger partial charge in [-0.05, 0) is 31.4 Å². The van der Waals surface area contributed by atoms with Crippen LogP contribution in [-0.4, -0.2) is 40.2 Å². The van der Waals surface area contributed by atoms with Gasteiger partial charge in [-0.2, -0.15) is 0 Å². The Balaban J connectivity index is 1.76. The Hall–Kier alpha value is -1.70. The SMILES string of the molecule is Cc1ccc(/C=C/S(=O)(=O)NCC(=O)OCC2CCCO2)cc1. The van der Waals surface area contributed by atoms with E-state index in [1.807, 2.05) is 31.2 Å². The lowest BCUT2D eigenvalue weighted by Gasteiger charge is -2.10. The van der Waals surface area contributed by atoms with E-state index in [-0.39, 0.29) is 12.7 Å². The maximum Gasteiger partial charge on any atom is 0.321 e. The van der Waals surface area contributed by atoms with Crippen molar-refractivity contribution in [2.75, 3.05) is 19.8 Å². The molecule has 1 heterocycles. The second-order valence-electron chi connectivity index (χ2n) is 5.40. The molecular formula is C16H21NO5S. The van der Waals surface area contributed by atoms with E-state index in [9.17, 15) is 13.2 Å². The fourth-order valence-electron chi connectivity index (χ4n) is 2.07. The third-order valence-corrected chi connectivity index (χ3v) is 4.43. The number of carbonyl (C=O) groups excluding carboxylic acids is 1. The van der Waals surface area contributed by atoms with Crippen molar-refractivity contribution in [1.82, 2.24) is 4.72 Å². The molecule has 0 bridgehead atoms. The van der Waals surface area contributed by atoms with Gasteiger partial charge in [-0.1, -0.05) is 29.8 Å². The number of ether oxygens (including phenoxy) is 2. The van der Waals surface area contributed by atoms with Crippen LogP contribution >= 0.6 is 0 Å². The molecule has 1 aromatic carbocycles. The summed E-state index contributed by atoms with van der Waals surface area (Å²) in [4.78, 5) is 11.5. The second-order valence-corrected chi connectivity index (χ2v) is 7.05. The van der Waals surface area contributed by atoms with E-state index in [0.717, 1.165) is 29.4 Å². The Kier molecular flexibility index (Phi) is 6.32. The van der Waals surface area contributed by atoms with Gasteiger partial charge in [0.1, 0.15) is 13.2 Å². The maximum atomic E-state index is 11.8. The Morgan fingerprint density at radius 1 is 1.39 bits per heavy atom. The lowest BCUT2D eigenvalue weighted by atomic mass is 10.2. The van der Waals surface area contributed by atoms with Crippen molar-refractivity contribution in [3.8, 4) is 0 Å². The summed E-state index contributed by atoms with van der Waals surface area (Å²) in [5.41, 5.74) is 1.86. The molecule has 1 saturated heterocycles. The summed E-state index contributed by atoms with van der Waals surface area (Å²) in [6.07, 6.45) is 3.22. The molecule has 0 saturated carbocycles. The molecule has 1 aliphatic heterocycles. The largest absolute Gasteiger partial charge is 0.462 e. The third-order valence-electron chi connectivity index (χ3n) is 3.39. The van der Waals surface area contributed by atoms with E-state index < -0.39 is 22.5 Å². The molecule has 126 valence electrons. The molecule has 0 aromatic heterocycles. The predicted octanol–water partition coefficient (Wildman–Crippen LogP) is 1.61. The minimum atomic E-state index is -3.68. The highest BCUT2D eigenvalue weighted by Crippen LogP contribution is 2.11. The van der Waals surface area contributed by atoms with Crippen molar-refractivity contribution < 1.29 is 22.7 Å². The number of nitrogens with one attached hydrogen (secondary N) is 1. The molecule has 1 unspecified atom stereocenters. The first-order chi connectivity index (χ1) is 10.9. The fraction of sp³-hybridized carbons (Fsp3) is 0.438. The summed E-state index contributed by atoms with van der Waals surface area (Å²) in [6.45, 7) is 2.40. The molecule has 1 aliphatic rings. The van der Waals surface area contributed by atoms with Gasteiger partial charge in [0.15, 0.2) is 0 Å². The van der Waals surface area contributed by atoms with Gasteiger partial charge in [-0.15, -0.1) is 0 Å². The summed E-state index contributed by atoms with van der Waals surface area (Å²) in [6, 6.07) is 7.42. The number of aryl methyl sites for hydroxylation is 1. The van der Waals surface area contributed by atoms with Crippen LogP contribution in [0, 0.1) is 6.92 Å². The molecule has 1 fully saturated rings. The van der Waals surface area contributed by atoms with E-state index in [1.54, 1.807) is 0 Å². The molecule has 0 radical (unpaired) electrons. The van der Waals surface area contributed by atoms with Gasteiger partial charge in [0.05, 0.1) is 6.10 Å². The minimum absolute atomic E-state index is 0.0722. The number of carbonyl (C=O) groups is 1. The molecule has 0 aliphatic carbocycles. The molecule has 6 nitrogen and oxygen atoms in total. The molecule has 23 heavy (non-hydrogen) atoms. The number of sulfonamides is 1. The van der Waals surface area contributed by atoms with Crippen LogP contribution < -0.4 is 4.72 Å². The predicted molar refractivity (Wildman–Crippen MR) is 87.1 cm³/mol. The quantitative estimate of drug-likeness (QED) is 0.763. The lowest BCUT2D eigenvalue weighted by molar-refractivity contribution is -0.145. The Bertz CT molecular complexity index is 646. The Labute approximate surface area is 136 Å². The molecule has 1 aromatic rings. The first-order valence-corrected chi connectivity index (χ1v) is 9.01. The van der Waals surface area contributed by atoms with E-state index in [1.165, 1.54) is 6.08 Å². The van der Waals surface area contributed by atoms with Crippen molar-refractivity contribution in [2.45, 2.75) is 25.9 Å². The van der Waals surface area contributed by atoms with E-state index in [0.29, 0.717) is 6.61 Å². The number of hydrogen-bond acceptors (Lipinski definition) is 5. The minimum Gasteiger partial charge on any atom is -0.462 e. The second kappa shape index (κ2) is 8.24. The van der Waals surface area contributed by atoms with Crippen molar-refractivity contribution in [3.05, 3.63) is 40.8 Å². The van der Waals surface area contributed by atoms with Crippen LogP contribution in [0.25, 0.3) is 6.08 Å². The van der Waals surface area contributed by atoms with E-state index >= 15 is 0 Å². The Morgan fingerprint density at radius 2 is 2.13 bits per heavy atom. The van der Waals surface area contributed by atoms with Gasteiger partial charge in [-0.3, -0.25) is 4.79 Å². The summed E-state index contributed by atoms with van der Waals surface area (Å²) < 4.78 is 36.1. The zero-order chi connectivity index (χ0) is 16.7. The first kappa shape index (κ1) is 17.7. The standard InChI is InChI=1S/C16H21NO5S/c1-13-4-6-14(7-5-13)8-10-23(19,20)17-11-16(18)22-12-15-3-2-9-21-15/h4-8,10,15,17H,2-3,9,11-12H2,1H3/b10-8+. The van der Waals surface area contributed by atoms with Crippen LogP contribution in [0.1, 0.15) is 24.0 Å². The fourth-order valence-corrected chi connectivity index (χ4v) is 2.82. The average Bonchev–Trinajstić information content (AvgIpc) is 3.04. The van der Waals surface area contributed by atoms with E-state index in [4.69, 9.17) is 9.47 Å². The monoisotopic (exact) mass is 339 g/mol. The van der Waals surface area contributed by atoms with Crippen molar-refractivity contribution >= 4 is 22.1 Å². The molecule has 1 N–H and O–H groups in total. The zero-order valence-electron chi connectivity index (χ0n) is 13.0. The number of hydrogen-bond donors (Lipinski definition) is 1. The van der Waals surface area contributed by atoms with Crippen LogP contribution in [0.3, 0.4) is 0 Å². The summed E-state index contributed by atoms with van der Waals surface area (Å²) >= 11 is 0. The number of esters is 1. The van der Waals surface area contributed by atoms with Gasteiger partial charge >= 0.3 is 5.97 Å². The topological polar surface area (TPSA) is 81.7 Å². The van der Waals surface area contributed by atoms with Crippen LogP contribution in [0.5, 0.6) is 0 Å². The lowest BCUT2D eigenvalue weighted by Crippen LogP contribution is -2.30. The van der Waals surface area contributed by atoms with Gasteiger partial charge in [-0.25, -0.2) is 13.1 Å². The van der Waals surface area contributed by atoms with Crippen molar-refractivity contribution in [3.63, 3.8) is 0 Å². The van der Waals surface area contributed by atoms with Crippen LogP contribution in [0.2, 0.25) is 0 Å². The van der Waals surface area contributed by atoms with E-state index in [2.05, 4.69) is 4.72 Å². The molecule has 1 atom stereocenters. The summed E-state index contributed by atoms with van der Waals surface area (Å²) in [5, 5.41) is 1.03. The zero-order valence-corrected chi connectivity index (χ0v) is 13.8.